The van der Waals surface area contributed by atoms with Crippen molar-refractivity contribution in [1.29, 1.82) is 0 Å². The number of carbonyl (C=O) groups is 1. The molecule has 1 N–H and O–H groups in total. The zero-order valence-corrected chi connectivity index (χ0v) is 13.8. The number of rotatable bonds is 3. The molecule has 4 rings (SSSR count). The predicted octanol–water partition coefficient (Wildman–Crippen LogP) is 4.33. The molecule has 0 radical (unpaired) electrons. The predicted molar refractivity (Wildman–Crippen MR) is 98.3 cm³/mol. The Kier molecular flexibility index (Phi) is 3.91. The van der Waals surface area contributed by atoms with Gasteiger partial charge in [-0.25, -0.2) is 4.68 Å². The average Bonchev–Trinajstić information content (AvgIpc) is 3.15. The molecule has 0 fully saturated rings. The number of carbonyl (C=O) groups excluding carboxylic acids is 1. The zero-order chi connectivity index (χ0) is 17.2. The normalized spacial score (nSPS) is 10.8. The molecule has 0 unspecified atom stereocenters. The van der Waals surface area contributed by atoms with Gasteiger partial charge in [-0.1, -0.05) is 35.9 Å². The average molecular weight is 349 g/mol. The zero-order valence-electron chi connectivity index (χ0n) is 13.1. The van der Waals surface area contributed by atoms with Crippen LogP contribution in [0.1, 0.15) is 10.5 Å². The van der Waals surface area contributed by atoms with Crippen molar-refractivity contribution in [3.05, 3.63) is 83.9 Å². The van der Waals surface area contributed by atoms with Gasteiger partial charge < -0.3 is 5.32 Å². The number of aromatic nitrogens is 3. The van der Waals surface area contributed by atoms with Gasteiger partial charge in [0.2, 0.25) is 0 Å². The van der Waals surface area contributed by atoms with Crippen molar-refractivity contribution in [3.8, 4) is 5.69 Å². The maximum absolute atomic E-state index is 12.8. The first-order chi connectivity index (χ1) is 12.2. The van der Waals surface area contributed by atoms with Gasteiger partial charge in [0.05, 0.1) is 11.4 Å². The van der Waals surface area contributed by atoms with E-state index >= 15 is 0 Å². The first-order valence-corrected chi connectivity index (χ1v) is 8.05. The summed E-state index contributed by atoms with van der Waals surface area (Å²) in [6.45, 7) is 0. The third-order valence-electron chi connectivity index (χ3n) is 3.85. The van der Waals surface area contributed by atoms with Crippen LogP contribution in [0.5, 0.6) is 0 Å². The quantitative estimate of drug-likeness (QED) is 0.599. The lowest BCUT2D eigenvalue weighted by Crippen LogP contribution is -2.16. The topological polar surface area (TPSA) is 59.8 Å². The van der Waals surface area contributed by atoms with E-state index in [-0.39, 0.29) is 5.91 Å². The minimum absolute atomic E-state index is 0.299. The number of halogens is 1. The summed E-state index contributed by atoms with van der Waals surface area (Å²) in [5.74, 6) is -0.299. The molecular formula is C19H13ClN4O. The Bertz CT molecular complexity index is 1050. The van der Waals surface area contributed by atoms with Gasteiger partial charge in [0.25, 0.3) is 5.91 Å². The molecular weight excluding hydrogens is 336 g/mol. The Morgan fingerprint density at radius 3 is 2.76 bits per heavy atom. The Balaban J connectivity index is 1.75. The van der Waals surface area contributed by atoms with Gasteiger partial charge in [-0.2, -0.15) is 5.10 Å². The van der Waals surface area contributed by atoms with Crippen LogP contribution in [0.2, 0.25) is 5.02 Å². The summed E-state index contributed by atoms with van der Waals surface area (Å²) < 4.78 is 1.67. The Hall–Kier alpha value is -3.18. The number of fused-ring (bicyclic) bond motifs is 1. The SMILES string of the molecule is O=C(Nc1cc(Cl)ccc1-n1cccn1)c1nccc2ccccc12. The number of pyridine rings is 1. The van der Waals surface area contributed by atoms with E-state index in [2.05, 4.69) is 15.4 Å². The van der Waals surface area contributed by atoms with Gasteiger partial charge in [0.1, 0.15) is 5.69 Å². The fourth-order valence-electron chi connectivity index (χ4n) is 2.70. The van der Waals surface area contributed by atoms with E-state index in [1.54, 1.807) is 35.4 Å². The van der Waals surface area contributed by atoms with Crippen LogP contribution in [0, 0.1) is 0 Å². The van der Waals surface area contributed by atoms with E-state index < -0.39 is 0 Å². The van der Waals surface area contributed by atoms with E-state index in [4.69, 9.17) is 11.6 Å². The fourth-order valence-corrected chi connectivity index (χ4v) is 2.87. The monoisotopic (exact) mass is 348 g/mol. The molecule has 0 spiro atoms. The molecule has 25 heavy (non-hydrogen) atoms. The van der Waals surface area contributed by atoms with Crippen molar-refractivity contribution < 1.29 is 4.79 Å². The van der Waals surface area contributed by atoms with Gasteiger partial charge in [-0.05, 0) is 35.7 Å². The number of anilines is 1. The second-order valence-electron chi connectivity index (χ2n) is 5.45. The van der Waals surface area contributed by atoms with Gasteiger partial charge in [0, 0.05) is 29.0 Å². The molecule has 0 aliphatic heterocycles. The molecule has 4 aromatic rings. The van der Waals surface area contributed by atoms with Gasteiger partial charge in [-0.15, -0.1) is 0 Å². The first-order valence-electron chi connectivity index (χ1n) is 7.67. The number of nitrogens with zero attached hydrogens (tertiary/aromatic N) is 3. The number of nitrogens with one attached hydrogen (secondary N) is 1. The van der Waals surface area contributed by atoms with Gasteiger partial charge >= 0.3 is 0 Å². The third kappa shape index (κ3) is 2.97. The van der Waals surface area contributed by atoms with Crippen LogP contribution in [-0.2, 0) is 0 Å². The van der Waals surface area contributed by atoms with Crippen molar-refractivity contribution in [2.45, 2.75) is 0 Å². The molecule has 0 aliphatic carbocycles. The summed E-state index contributed by atoms with van der Waals surface area (Å²) in [6, 6.07) is 16.6. The van der Waals surface area contributed by atoms with Crippen LogP contribution in [0.25, 0.3) is 16.5 Å². The summed E-state index contributed by atoms with van der Waals surface area (Å²) >= 11 is 6.11. The van der Waals surface area contributed by atoms with E-state index in [1.165, 1.54) is 0 Å². The summed E-state index contributed by atoms with van der Waals surface area (Å²) in [5, 5.41) is 9.40. The molecule has 5 nitrogen and oxygen atoms in total. The largest absolute Gasteiger partial charge is 0.319 e. The second-order valence-corrected chi connectivity index (χ2v) is 5.88. The van der Waals surface area contributed by atoms with Crippen LogP contribution in [0.3, 0.4) is 0 Å². The number of hydrogen-bond acceptors (Lipinski definition) is 3. The highest BCUT2D eigenvalue weighted by Gasteiger charge is 2.15. The lowest BCUT2D eigenvalue weighted by atomic mass is 10.1. The molecule has 0 aliphatic rings. The van der Waals surface area contributed by atoms with Crippen molar-refractivity contribution in [3.63, 3.8) is 0 Å². The molecule has 0 saturated heterocycles. The standard InChI is InChI=1S/C19H13ClN4O/c20-14-6-7-17(24-11-3-9-22-24)16(12-14)23-19(25)18-15-5-2-1-4-13(15)8-10-21-18/h1-12H,(H,23,25). The summed E-state index contributed by atoms with van der Waals surface area (Å²) in [6.07, 6.45) is 5.10. The molecule has 1 amide bonds. The minimum Gasteiger partial charge on any atom is -0.319 e. The van der Waals surface area contributed by atoms with Gasteiger partial charge in [0.15, 0.2) is 0 Å². The molecule has 2 aromatic heterocycles. The highest BCUT2D eigenvalue weighted by Crippen LogP contribution is 2.25. The molecule has 0 saturated carbocycles. The first kappa shape index (κ1) is 15.4. The van der Waals surface area contributed by atoms with E-state index in [0.29, 0.717) is 16.4 Å². The Labute approximate surface area is 148 Å². The van der Waals surface area contributed by atoms with Crippen LogP contribution < -0.4 is 5.32 Å². The number of amides is 1. The van der Waals surface area contributed by atoms with Crippen LogP contribution in [0.4, 0.5) is 5.69 Å². The van der Waals surface area contributed by atoms with E-state index in [9.17, 15) is 4.79 Å². The van der Waals surface area contributed by atoms with Gasteiger partial charge in [-0.3, -0.25) is 9.78 Å². The van der Waals surface area contributed by atoms with E-state index in [1.807, 2.05) is 42.5 Å². The maximum Gasteiger partial charge on any atom is 0.274 e. The van der Waals surface area contributed by atoms with Crippen LogP contribution >= 0.6 is 11.6 Å². The Morgan fingerprint density at radius 1 is 1.04 bits per heavy atom. The van der Waals surface area contributed by atoms with Crippen molar-refractivity contribution >= 4 is 34.0 Å². The molecule has 2 heterocycles. The summed E-state index contributed by atoms with van der Waals surface area (Å²) in [4.78, 5) is 17.1. The lowest BCUT2D eigenvalue weighted by Gasteiger charge is -2.12. The summed E-state index contributed by atoms with van der Waals surface area (Å²) in [5.41, 5.74) is 1.66. The van der Waals surface area contributed by atoms with Crippen molar-refractivity contribution in [2.24, 2.45) is 0 Å². The highest BCUT2D eigenvalue weighted by molar-refractivity contribution is 6.31. The molecule has 6 heteroatoms. The van der Waals surface area contributed by atoms with Crippen LogP contribution in [-0.4, -0.2) is 20.7 Å². The van der Waals surface area contributed by atoms with Crippen molar-refractivity contribution in [1.82, 2.24) is 14.8 Å². The maximum atomic E-state index is 12.8. The molecule has 122 valence electrons. The molecule has 0 bridgehead atoms. The molecule has 2 aromatic carbocycles. The smallest absolute Gasteiger partial charge is 0.274 e. The fraction of sp³-hybridized carbons (Fsp3) is 0. The summed E-state index contributed by atoms with van der Waals surface area (Å²) in [7, 11) is 0. The second kappa shape index (κ2) is 6.37. The highest BCUT2D eigenvalue weighted by atomic mass is 35.5. The van der Waals surface area contributed by atoms with Crippen molar-refractivity contribution in [2.75, 3.05) is 5.32 Å². The lowest BCUT2D eigenvalue weighted by molar-refractivity contribution is 0.102. The third-order valence-corrected chi connectivity index (χ3v) is 4.08. The molecule has 0 atom stereocenters. The number of hydrogen-bond donors (Lipinski definition) is 1. The van der Waals surface area contributed by atoms with E-state index in [0.717, 1.165) is 16.5 Å². The number of benzene rings is 2. The Morgan fingerprint density at radius 2 is 1.92 bits per heavy atom. The van der Waals surface area contributed by atoms with Crippen LogP contribution in [0.15, 0.2) is 73.2 Å². The minimum atomic E-state index is -0.299.